The van der Waals surface area contributed by atoms with E-state index in [2.05, 4.69) is 0 Å². The van der Waals surface area contributed by atoms with Crippen molar-refractivity contribution in [1.29, 1.82) is 0 Å². The molecule has 0 radical (unpaired) electrons. The van der Waals surface area contributed by atoms with Gasteiger partial charge in [0.2, 0.25) is 0 Å². The molecule has 0 saturated carbocycles. The van der Waals surface area contributed by atoms with E-state index in [1.54, 1.807) is 25.1 Å². The Balaban J connectivity index is 2.47. The number of hydrogen-bond donors (Lipinski definition) is 1. The van der Waals surface area contributed by atoms with E-state index in [0.717, 1.165) is 12.8 Å². The predicted molar refractivity (Wildman–Crippen MR) is 71.7 cm³/mol. The molecule has 0 heterocycles. The van der Waals surface area contributed by atoms with Crippen LogP contribution in [0, 0.1) is 6.92 Å². The number of carbonyl (C=O) groups is 2. The molecule has 1 aromatic carbocycles. The topological polar surface area (TPSA) is 78.6 Å². The van der Waals surface area contributed by atoms with E-state index in [-0.39, 0.29) is 6.61 Å². The van der Waals surface area contributed by atoms with Crippen LogP contribution in [0.5, 0.6) is 0 Å². The lowest BCUT2D eigenvalue weighted by Gasteiger charge is -2.08. The lowest BCUT2D eigenvalue weighted by Crippen LogP contribution is -2.17. The van der Waals surface area contributed by atoms with Crippen LogP contribution in [0.3, 0.4) is 0 Å². The molecule has 0 atom stereocenters. The summed E-state index contributed by atoms with van der Waals surface area (Å²) in [5.41, 5.74) is 7.22. The maximum Gasteiger partial charge on any atom is 0.344 e. The van der Waals surface area contributed by atoms with Gasteiger partial charge in [0.1, 0.15) is 0 Å². The van der Waals surface area contributed by atoms with Gasteiger partial charge in [-0.2, -0.15) is 0 Å². The Labute approximate surface area is 112 Å². The van der Waals surface area contributed by atoms with Crippen molar-refractivity contribution in [3.05, 3.63) is 29.3 Å². The highest BCUT2D eigenvalue weighted by Crippen LogP contribution is 2.16. The molecule has 0 spiro atoms. The van der Waals surface area contributed by atoms with E-state index in [0.29, 0.717) is 23.4 Å². The van der Waals surface area contributed by atoms with Gasteiger partial charge in [-0.15, -0.1) is 0 Å². The summed E-state index contributed by atoms with van der Waals surface area (Å²) >= 11 is 0. The first-order valence-electron chi connectivity index (χ1n) is 6.24. The lowest BCUT2D eigenvalue weighted by molar-refractivity contribution is -0.147. The SMILES string of the molecule is CCCCOC(=O)COC(=O)c1cccc(N)c1C. The molecule has 0 saturated heterocycles. The third-order valence-electron chi connectivity index (χ3n) is 2.68. The normalized spacial score (nSPS) is 10.0. The molecule has 0 bridgehead atoms. The molecular weight excluding hydrogens is 246 g/mol. The number of benzene rings is 1. The number of carbonyl (C=O) groups excluding carboxylic acids is 2. The van der Waals surface area contributed by atoms with Gasteiger partial charge in [-0.25, -0.2) is 9.59 Å². The number of esters is 2. The van der Waals surface area contributed by atoms with E-state index < -0.39 is 11.9 Å². The first kappa shape index (κ1) is 15.0. The van der Waals surface area contributed by atoms with Crippen LogP contribution in [-0.2, 0) is 14.3 Å². The highest BCUT2D eigenvalue weighted by molar-refractivity contribution is 5.93. The molecule has 2 N–H and O–H groups in total. The van der Waals surface area contributed by atoms with Crippen molar-refractivity contribution in [2.45, 2.75) is 26.7 Å². The molecule has 1 rings (SSSR count). The van der Waals surface area contributed by atoms with Crippen molar-refractivity contribution >= 4 is 17.6 Å². The van der Waals surface area contributed by atoms with Crippen LogP contribution in [0.15, 0.2) is 18.2 Å². The fourth-order valence-corrected chi connectivity index (χ4v) is 1.45. The van der Waals surface area contributed by atoms with Gasteiger partial charge in [0, 0.05) is 5.69 Å². The Hall–Kier alpha value is -2.04. The smallest absolute Gasteiger partial charge is 0.344 e. The van der Waals surface area contributed by atoms with Gasteiger partial charge >= 0.3 is 11.9 Å². The van der Waals surface area contributed by atoms with Crippen molar-refractivity contribution in [2.24, 2.45) is 0 Å². The molecule has 1 aromatic rings. The first-order chi connectivity index (χ1) is 9.06. The minimum atomic E-state index is -0.572. The average Bonchev–Trinajstić information content (AvgIpc) is 2.39. The van der Waals surface area contributed by atoms with Crippen LogP contribution in [0.2, 0.25) is 0 Å². The standard InChI is InChI=1S/C14H19NO4/c1-3-4-8-18-13(16)9-19-14(17)11-6-5-7-12(15)10(11)2/h5-7H,3-4,8-9,15H2,1-2H3. The Morgan fingerprint density at radius 3 is 2.68 bits per heavy atom. The molecule has 5 heteroatoms. The number of hydrogen-bond acceptors (Lipinski definition) is 5. The van der Waals surface area contributed by atoms with Gasteiger partial charge in [0.25, 0.3) is 0 Å². The second-order valence-corrected chi connectivity index (χ2v) is 4.17. The Morgan fingerprint density at radius 1 is 1.26 bits per heavy atom. The summed E-state index contributed by atoms with van der Waals surface area (Å²) < 4.78 is 9.77. The third kappa shape index (κ3) is 4.62. The van der Waals surface area contributed by atoms with Gasteiger partial charge in [0.05, 0.1) is 12.2 Å². The Morgan fingerprint density at radius 2 is 2.00 bits per heavy atom. The van der Waals surface area contributed by atoms with E-state index in [4.69, 9.17) is 15.2 Å². The van der Waals surface area contributed by atoms with Crippen LogP contribution >= 0.6 is 0 Å². The zero-order valence-electron chi connectivity index (χ0n) is 11.3. The quantitative estimate of drug-likeness (QED) is 0.484. The zero-order chi connectivity index (χ0) is 14.3. The molecule has 104 valence electrons. The minimum absolute atomic E-state index is 0.351. The van der Waals surface area contributed by atoms with E-state index in [9.17, 15) is 9.59 Å². The summed E-state index contributed by atoms with van der Waals surface area (Å²) in [7, 11) is 0. The van der Waals surface area contributed by atoms with Crippen LogP contribution in [0.1, 0.15) is 35.7 Å². The Kier molecular flexibility index (Phi) is 5.85. The zero-order valence-corrected chi connectivity index (χ0v) is 11.3. The van der Waals surface area contributed by atoms with Crippen LogP contribution in [0.25, 0.3) is 0 Å². The van der Waals surface area contributed by atoms with E-state index in [1.807, 2.05) is 6.92 Å². The first-order valence-corrected chi connectivity index (χ1v) is 6.24. The van der Waals surface area contributed by atoms with Crippen molar-refractivity contribution in [3.63, 3.8) is 0 Å². The molecule has 5 nitrogen and oxygen atoms in total. The van der Waals surface area contributed by atoms with Crippen LogP contribution in [-0.4, -0.2) is 25.2 Å². The van der Waals surface area contributed by atoms with Gasteiger partial charge in [-0.1, -0.05) is 19.4 Å². The third-order valence-corrected chi connectivity index (χ3v) is 2.68. The number of anilines is 1. The minimum Gasteiger partial charge on any atom is -0.463 e. The maximum atomic E-state index is 11.8. The second-order valence-electron chi connectivity index (χ2n) is 4.17. The number of nitrogen functional groups attached to an aromatic ring is 1. The summed E-state index contributed by atoms with van der Waals surface area (Å²) in [6, 6.07) is 4.97. The van der Waals surface area contributed by atoms with Crippen molar-refractivity contribution in [1.82, 2.24) is 0 Å². The summed E-state index contributed by atoms with van der Waals surface area (Å²) in [4.78, 5) is 23.0. The summed E-state index contributed by atoms with van der Waals surface area (Å²) in [5, 5.41) is 0. The van der Waals surface area contributed by atoms with Gasteiger partial charge in [-0.3, -0.25) is 0 Å². The fraction of sp³-hybridized carbons (Fsp3) is 0.429. The number of nitrogens with two attached hydrogens (primary N) is 1. The highest BCUT2D eigenvalue weighted by Gasteiger charge is 2.14. The van der Waals surface area contributed by atoms with Crippen LogP contribution in [0.4, 0.5) is 5.69 Å². The highest BCUT2D eigenvalue weighted by atomic mass is 16.6. The molecule has 0 aliphatic heterocycles. The summed E-state index contributed by atoms with van der Waals surface area (Å²) in [6.07, 6.45) is 1.74. The number of rotatable bonds is 6. The van der Waals surface area contributed by atoms with Crippen molar-refractivity contribution in [2.75, 3.05) is 18.9 Å². The van der Waals surface area contributed by atoms with Crippen molar-refractivity contribution < 1.29 is 19.1 Å². The largest absolute Gasteiger partial charge is 0.463 e. The Bertz CT molecular complexity index is 457. The lowest BCUT2D eigenvalue weighted by atomic mass is 10.1. The molecular formula is C14H19NO4. The van der Waals surface area contributed by atoms with E-state index >= 15 is 0 Å². The average molecular weight is 265 g/mol. The molecule has 0 unspecified atom stereocenters. The van der Waals surface area contributed by atoms with Crippen LogP contribution < -0.4 is 5.73 Å². The predicted octanol–water partition coefficient (Wildman–Crippen LogP) is 2.08. The van der Waals surface area contributed by atoms with Gasteiger partial charge in [0.15, 0.2) is 6.61 Å². The molecule has 0 aliphatic rings. The molecule has 0 aromatic heterocycles. The molecule has 0 aliphatic carbocycles. The monoisotopic (exact) mass is 265 g/mol. The van der Waals surface area contributed by atoms with Gasteiger partial charge < -0.3 is 15.2 Å². The fourth-order valence-electron chi connectivity index (χ4n) is 1.45. The maximum absolute atomic E-state index is 11.8. The summed E-state index contributed by atoms with van der Waals surface area (Å²) in [5.74, 6) is -1.11. The molecule has 19 heavy (non-hydrogen) atoms. The molecule has 0 amide bonds. The number of unbranched alkanes of at least 4 members (excludes halogenated alkanes) is 1. The van der Waals surface area contributed by atoms with E-state index in [1.165, 1.54) is 0 Å². The summed E-state index contributed by atoms with van der Waals surface area (Å²) in [6.45, 7) is 3.70. The second kappa shape index (κ2) is 7.41. The molecule has 0 fully saturated rings. The van der Waals surface area contributed by atoms with Crippen molar-refractivity contribution in [3.8, 4) is 0 Å². The van der Waals surface area contributed by atoms with Gasteiger partial charge in [-0.05, 0) is 31.0 Å². The number of ether oxygens (including phenoxy) is 2.